The molecule has 0 bridgehead atoms. The molecule has 24 heavy (non-hydrogen) atoms. The molecule has 0 saturated heterocycles. The lowest BCUT2D eigenvalue weighted by Crippen LogP contribution is -2.18. The Morgan fingerprint density at radius 1 is 1.17 bits per heavy atom. The van der Waals surface area contributed by atoms with E-state index in [4.69, 9.17) is 14.4 Å². The van der Waals surface area contributed by atoms with Crippen molar-refractivity contribution in [2.75, 3.05) is 0 Å². The number of carbonyl (C=O) groups excluding carboxylic acids is 1. The minimum Gasteiger partial charge on any atom is -0.488 e. The van der Waals surface area contributed by atoms with Crippen LogP contribution in [0.2, 0.25) is 0 Å². The first-order chi connectivity index (χ1) is 11.6. The number of hydrogen-bond acceptors (Lipinski definition) is 5. The van der Waals surface area contributed by atoms with Crippen molar-refractivity contribution in [3.63, 3.8) is 0 Å². The highest BCUT2D eigenvalue weighted by Gasteiger charge is 2.08. The lowest BCUT2D eigenvalue weighted by atomic mass is 10.1. The molecule has 6 nitrogen and oxygen atoms in total. The second-order valence-electron chi connectivity index (χ2n) is 5.36. The highest BCUT2D eigenvalue weighted by atomic mass is 16.5. The Morgan fingerprint density at radius 2 is 1.92 bits per heavy atom. The van der Waals surface area contributed by atoms with Crippen molar-refractivity contribution in [3.8, 4) is 5.75 Å². The van der Waals surface area contributed by atoms with Crippen molar-refractivity contribution in [3.05, 3.63) is 75.6 Å². The molecule has 3 aromatic rings. The number of fused-ring (bicyclic) bond motifs is 1. The van der Waals surface area contributed by atoms with Gasteiger partial charge in [0.05, 0.1) is 11.5 Å². The van der Waals surface area contributed by atoms with Gasteiger partial charge in [0.25, 0.3) is 5.91 Å². The number of benzene rings is 2. The van der Waals surface area contributed by atoms with Gasteiger partial charge in [0.15, 0.2) is 0 Å². The van der Waals surface area contributed by atoms with Gasteiger partial charge in [-0.3, -0.25) is 10.0 Å². The summed E-state index contributed by atoms with van der Waals surface area (Å²) in [4.78, 5) is 22.9. The maximum atomic E-state index is 11.6. The average molecular weight is 325 g/mol. The van der Waals surface area contributed by atoms with Crippen LogP contribution >= 0.6 is 0 Å². The standard InChI is InChI=1S/C18H15NO5/c1-11-2-7-15-14(8-11)16(9-17(20)24-15)23-10-12-3-5-13(6-4-12)18(21)19-22/h2-9,22H,10H2,1H3,(H,19,21). The van der Waals surface area contributed by atoms with Gasteiger partial charge in [-0.2, -0.15) is 0 Å². The molecule has 0 spiro atoms. The summed E-state index contributed by atoms with van der Waals surface area (Å²) in [6.45, 7) is 2.17. The normalized spacial score (nSPS) is 10.6. The van der Waals surface area contributed by atoms with E-state index in [9.17, 15) is 9.59 Å². The third-order valence-electron chi connectivity index (χ3n) is 3.57. The Morgan fingerprint density at radius 3 is 2.62 bits per heavy atom. The zero-order valence-electron chi connectivity index (χ0n) is 12.9. The molecule has 1 heterocycles. The van der Waals surface area contributed by atoms with Crippen LogP contribution in [0.4, 0.5) is 0 Å². The van der Waals surface area contributed by atoms with Gasteiger partial charge < -0.3 is 9.15 Å². The molecule has 3 rings (SSSR count). The maximum absolute atomic E-state index is 11.6. The zero-order valence-corrected chi connectivity index (χ0v) is 12.9. The first-order valence-electron chi connectivity index (χ1n) is 7.27. The SMILES string of the molecule is Cc1ccc2oc(=O)cc(OCc3ccc(C(=O)NO)cc3)c2c1. The highest BCUT2D eigenvalue weighted by Crippen LogP contribution is 2.25. The van der Waals surface area contributed by atoms with Gasteiger partial charge in [-0.25, -0.2) is 10.3 Å². The molecular weight excluding hydrogens is 310 g/mol. The van der Waals surface area contributed by atoms with Crippen LogP contribution in [-0.2, 0) is 6.61 Å². The van der Waals surface area contributed by atoms with Crippen molar-refractivity contribution in [2.45, 2.75) is 13.5 Å². The van der Waals surface area contributed by atoms with Crippen LogP contribution in [0.25, 0.3) is 11.0 Å². The van der Waals surface area contributed by atoms with Crippen LogP contribution in [0, 0.1) is 6.92 Å². The summed E-state index contributed by atoms with van der Waals surface area (Å²) in [6.07, 6.45) is 0. The largest absolute Gasteiger partial charge is 0.488 e. The van der Waals surface area contributed by atoms with Crippen molar-refractivity contribution in [1.82, 2.24) is 5.48 Å². The molecule has 0 saturated carbocycles. The Balaban J connectivity index is 1.84. The topological polar surface area (TPSA) is 88.8 Å². The van der Waals surface area contributed by atoms with Crippen molar-refractivity contribution < 1.29 is 19.2 Å². The number of hydrogen-bond donors (Lipinski definition) is 2. The van der Waals surface area contributed by atoms with E-state index >= 15 is 0 Å². The van der Waals surface area contributed by atoms with Crippen LogP contribution in [-0.4, -0.2) is 11.1 Å². The summed E-state index contributed by atoms with van der Waals surface area (Å²) in [7, 11) is 0. The summed E-state index contributed by atoms with van der Waals surface area (Å²) in [5, 5.41) is 9.32. The minimum atomic E-state index is -0.579. The molecule has 1 aromatic heterocycles. The van der Waals surface area contributed by atoms with Gasteiger partial charge in [0.1, 0.15) is 17.9 Å². The second-order valence-corrected chi connectivity index (χ2v) is 5.36. The Labute approximate surface area is 137 Å². The van der Waals surface area contributed by atoms with Gasteiger partial charge in [0.2, 0.25) is 0 Å². The molecule has 0 fully saturated rings. The van der Waals surface area contributed by atoms with Gasteiger partial charge in [-0.15, -0.1) is 0 Å². The molecule has 0 aliphatic rings. The molecule has 0 aliphatic carbocycles. The van der Waals surface area contributed by atoms with E-state index in [0.717, 1.165) is 16.5 Å². The summed E-state index contributed by atoms with van der Waals surface area (Å²) in [6, 6.07) is 13.4. The number of rotatable bonds is 4. The highest BCUT2D eigenvalue weighted by molar-refractivity contribution is 5.93. The number of nitrogens with one attached hydrogen (secondary N) is 1. The first kappa shape index (κ1) is 15.8. The summed E-state index contributed by atoms with van der Waals surface area (Å²) in [5.41, 5.74) is 3.75. The number of carbonyl (C=O) groups is 1. The fourth-order valence-corrected chi connectivity index (χ4v) is 2.35. The molecule has 0 atom stereocenters. The van der Waals surface area contributed by atoms with Crippen LogP contribution in [0.5, 0.6) is 5.75 Å². The fourth-order valence-electron chi connectivity index (χ4n) is 2.35. The van der Waals surface area contributed by atoms with Crippen LogP contribution < -0.4 is 15.8 Å². The van der Waals surface area contributed by atoms with E-state index in [0.29, 0.717) is 16.9 Å². The van der Waals surface area contributed by atoms with Crippen molar-refractivity contribution in [1.29, 1.82) is 0 Å². The summed E-state index contributed by atoms with van der Waals surface area (Å²) < 4.78 is 10.9. The zero-order chi connectivity index (χ0) is 17.1. The number of hydroxylamine groups is 1. The molecule has 1 amide bonds. The lowest BCUT2D eigenvalue weighted by Gasteiger charge is -2.09. The van der Waals surface area contributed by atoms with Gasteiger partial charge in [-0.1, -0.05) is 23.8 Å². The quantitative estimate of drug-likeness (QED) is 0.437. The molecule has 0 aliphatic heterocycles. The minimum absolute atomic E-state index is 0.230. The number of ether oxygens (including phenoxy) is 1. The van der Waals surface area contributed by atoms with E-state index in [-0.39, 0.29) is 6.61 Å². The first-order valence-corrected chi connectivity index (χ1v) is 7.27. The van der Waals surface area contributed by atoms with E-state index < -0.39 is 11.5 Å². The van der Waals surface area contributed by atoms with E-state index in [2.05, 4.69) is 0 Å². The predicted molar refractivity (Wildman–Crippen MR) is 87.2 cm³/mol. The van der Waals surface area contributed by atoms with Gasteiger partial charge in [-0.05, 0) is 36.8 Å². The molecular formula is C18H15NO5. The average Bonchev–Trinajstić information content (AvgIpc) is 2.60. The Hall–Kier alpha value is -3.12. The van der Waals surface area contributed by atoms with E-state index in [1.807, 2.05) is 19.1 Å². The Bertz CT molecular complexity index is 944. The molecule has 2 aromatic carbocycles. The molecule has 0 radical (unpaired) electrons. The van der Waals surface area contributed by atoms with Crippen LogP contribution in [0.3, 0.4) is 0 Å². The predicted octanol–water partition coefficient (Wildman–Crippen LogP) is 2.80. The fraction of sp³-hybridized carbons (Fsp3) is 0.111. The monoisotopic (exact) mass is 325 g/mol. The summed E-state index contributed by atoms with van der Waals surface area (Å²) >= 11 is 0. The third kappa shape index (κ3) is 3.28. The van der Waals surface area contributed by atoms with E-state index in [1.54, 1.807) is 35.8 Å². The Kier molecular flexibility index (Phi) is 4.31. The number of aryl methyl sites for hydroxylation is 1. The van der Waals surface area contributed by atoms with E-state index in [1.165, 1.54) is 6.07 Å². The molecule has 2 N–H and O–H groups in total. The van der Waals surface area contributed by atoms with Gasteiger partial charge in [0, 0.05) is 5.56 Å². The lowest BCUT2D eigenvalue weighted by molar-refractivity contribution is 0.0706. The summed E-state index contributed by atoms with van der Waals surface area (Å²) in [5.74, 6) is -0.133. The van der Waals surface area contributed by atoms with Crippen LogP contribution in [0.15, 0.2) is 57.7 Å². The third-order valence-corrected chi connectivity index (χ3v) is 3.57. The molecule has 6 heteroatoms. The molecule has 0 unspecified atom stereocenters. The smallest absolute Gasteiger partial charge is 0.339 e. The molecule has 122 valence electrons. The maximum Gasteiger partial charge on any atom is 0.339 e. The van der Waals surface area contributed by atoms with Crippen molar-refractivity contribution in [2.24, 2.45) is 0 Å². The second kappa shape index (κ2) is 6.55. The van der Waals surface area contributed by atoms with Gasteiger partial charge >= 0.3 is 5.63 Å². The van der Waals surface area contributed by atoms with Crippen molar-refractivity contribution >= 4 is 16.9 Å². The number of amides is 1. The van der Waals surface area contributed by atoms with Crippen LogP contribution in [0.1, 0.15) is 21.5 Å².